The highest BCUT2D eigenvalue weighted by atomic mass is 35.5. The van der Waals surface area contributed by atoms with Crippen molar-refractivity contribution in [2.24, 2.45) is 0 Å². The van der Waals surface area contributed by atoms with E-state index in [0.717, 1.165) is 6.42 Å². The van der Waals surface area contributed by atoms with Gasteiger partial charge in [-0.1, -0.05) is 6.92 Å². The molecule has 0 N–H and O–H groups in total. The van der Waals surface area contributed by atoms with E-state index in [1.165, 1.54) is 24.3 Å². The van der Waals surface area contributed by atoms with Crippen molar-refractivity contribution >= 4 is 18.2 Å². The molecule has 72 valence electrons. The van der Waals surface area contributed by atoms with Gasteiger partial charge < -0.3 is 0 Å². The van der Waals surface area contributed by atoms with E-state index >= 15 is 0 Å². The van der Waals surface area contributed by atoms with Gasteiger partial charge in [-0.3, -0.25) is 4.79 Å². The van der Waals surface area contributed by atoms with Crippen LogP contribution in [0.1, 0.15) is 30.1 Å². The van der Waals surface area contributed by atoms with E-state index < -0.39 is 0 Å². The molecule has 0 saturated carbocycles. The highest BCUT2D eigenvalue weighted by Gasteiger charge is 2.02. The molecule has 1 aromatic carbocycles. The van der Waals surface area contributed by atoms with Crippen LogP contribution in [-0.4, -0.2) is 5.78 Å². The summed E-state index contributed by atoms with van der Waals surface area (Å²) in [5.74, 6) is -0.222. The largest absolute Gasteiger partial charge is 0.294 e. The standard InChI is InChI=1S/C10H11FO.ClH/c1-2-3-10(12)8-4-6-9(11)7-5-8;/h4-7H,2-3H2,1H3;1H. The number of ketones is 1. The Morgan fingerprint density at radius 2 is 1.85 bits per heavy atom. The van der Waals surface area contributed by atoms with E-state index in [1.54, 1.807) is 0 Å². The maximum Gasteiger partial charge on any atom is 0.162 e. The van der Waals surface area contributed by atoms with Crippen LogP contribution in [0.15, 0.2) is 24.3 Å². The Morgan fingerprint density at radius 1 is 1.31 bits per heavy atom. The molecule has 1 aromatic rings. The number of carbonyl (C=O) groups excluding carboxylic acids is 1. The zero-order valence-electron chi connectivity index (χ0n) is 7.42. The second-order valence-corrected chi connectivity index (χ2v) is 2.68. The van der Waals surface area contributed by atoms with E-state index in [9.17, 15) is 9.18 Å². The molecule has 1 nitrogen and oxygen atoms in total. The number of hydrogen-bond donors (Lipinski definition) is 0. The predicted octanol–water partition coefficient (Wildman–Crippen LogP) is 3.23. The average Bonchev–Trinajstić information content (AvgIpc) is 2.06. The van der Waals surface area contributed by atoms with Crippen LogP contribution in [0.5, 0.6) is 0 Å². The molecule has 0 unspecified atom stereocenters. The van der Waals surface area contributed by atoms with Gasteiger partial charge in [0.25, 0.3) is 0 Å². The minimum atomic E-state index is -0.303. The summed E-state index contributed by atoms with van der Waals surface area (Å²) in [5, 5.41) is 0. The molecular formula is C10H12ClFO. The van der Waals surface area contributed by atoms with Crippen molar-refractivity contribution in [1.29, 1.82) is 0 Å². The molecule has 0 heterocycles. The average molecular weight is 203 g/mol. The number of benzene rings is 1. The van der Waals surface area contributed by atoms with Crippen molar-refractivity contribution in [2.45, 2.75) is 19.8 Å². The number of halogens is 2. The highest BCUT2D eigenvalue weighted by molar-refractivity contribution is 5.95. The van der Waals surface area contributed by atoms with E-state index in [1.807, 2.05) is 6.92 Å². The predicted molar refractivity (Wildman–Crippen MR) is 52.9 cm³/mol. The number of carbonyl (C=O) groups is 1. The molecule has 0 saturated heterocycles. The third kappa shape index (κ3) is 3.55. The van der Waals surface area contributed by atoms with Crippen LogP contribution in [-0.2, 0) is 0 Å². The SMILES string of the molecule is CCCC(=O)c1ccc(F)cc1.Cl. The molecule has 0 amide bonds. The monoisotopic (exact) mass is 202 g/mol. The quantitative estimate of drug-likeness (QED) is 0.688. The van der Waals surface area contributed by atoms with Gasteiger partial charge in [-0.15, -0.1) is 12.4 Å². The van der Waals surface area contributed by atoms with Crippen molar-refractivity contribution in [3.8, 4) is 0 Å². The summed E-state index contributed by atoms with van der Waals surface area (Å²) in [5.41, 5.74) is 0.596. The lowest BCUT2D eigenvalue weighted by atomic mass is 10.1. The van der Waals surface area contributed by atoms with Crippen LogP contribution in [0.3, 0.4) is 0 Å². The molecule has 3 heteroatoms. The van der Waals surface area contributed by atoms with Crippen LogP contribution in [0, 0.1) is 5.82 Å². The maximum atomic E-state index is 12.4. The van der Waals surface area contributed by atoms with Crippen LogP contribution < -0.4 is 0 Å². The van der Waals surface area contributed by atoms with Crippen LogP contribution in [0.25, 0.3) is 0 Å². The normalized spacial score (nSPS) is 9.08. The second kappa shape index (κ2) is 5.70. The first-order valence-corrected chi connectivity index (χ1v) is 4.03. The Balaban J connectivity index is 0.00000144. The fourth-order valence-corrected chi connectivity index (χ4v) is 1.01. The first-order chi connectivity index (χ1) is 5.74. The van der Waals surface area contributed by atoms with Crippen molar-refractivity contribution in [2.75, 3.05) is 0 Å². The summed E-state index contributed by atoms with van der Waals surface area (Å²) >= 11 is 0. The van der Waals surface area contributed by atoms with Gasteiger partial charge in [0.05, 0.1) is 0 Å². The Hall–Kier alpha value is -0.890. The summed E-state index contributed by atoms with van der Waals surface area (Å²) in [6, 6.07) is 5.66. The number of hydrogen-bond acceptors (Lipinski definition) is 1. The summed E-state index contributed by atoms with van der Waals surface area (Å²) in [4.78, 5) is 11.2. The van der Waals surface area contributed by atoms with Gasteiger partial charge in [-0.25, -0.2) is 4.39 Å². The zero-order chi connectivity index (χ0) is 8.97. The van der Waals surface area contributed by atoms with Crippen LogP contribution in [0.4, 0.5) is 4.39 Å². The first kappa shape index (κ1) is 12.1. The number of rotatable bonds is 3. The molecule has 0 bridgehead atoms. The Kier molecular flexibility index (Phi) is 5.31. The third-order valence-corrected chi connectivity index (χ3v) is 1.64. The van der Waals surface area contributed by atoms with Crippen LogP contribution in [0.2, 0.25) is 0 Å². The van der Waals surface area contributed by atoms with Gasteiger partial charge in [-0.05, 0) is 30.7 Å². The molecule has 0 aromatic heterocycles. The van der Waals surface area contributed by atoms with Crippen LogP contribution >= 0.6 is 12.4 Å². The van der Waals surface area contributed by atoms with E-state index in [0.29, 0.717) is 12.0 Å². The Bertz CT molecular complexity index is 269. The lowest BCUT2D eigenvalue weighted by Crippen LogP contribution is -1.97. The Morgan fingerprint density at radius 3 is 2.31 bits per heavy atom. The maximum absolute atomic E-state index is 12.4. The smallest absolute Gasteiger partial charge is 0.162 e. The van der Waals surface area contributed by atoms with Gasteiger partial charge in [-0.2, -0.15) is 0 Å². The lowest BCUT2D eigenvalue weighted by molar-refractivity contribution is 0.0981. The van der Waals surface area contributed by atoms with Gasteiger partial charge in [0.2, 0.25) is 0 Å². The fraction of sp³-hybridized carbons (Fsp3) is 0.300. The molecule has 0 aliphatic carbocycles. The van der Waals surface area contributed by atoms with Crippen molar-refractivity contribution in [3.05, 3.63) is 35.6 Å². The highest BCUT2D eigenvalue weighted by Crippen LogP contribution is 2.06. The fourth-order valence-electron chi connectivity index (χ4n) is 1.01. The topological polar surface area (TPSA) is 17.1 Å². The van der Waals surface area contributed by atoms with E-state index in [2.05, 4.69) is 0 Å². The minimum Gasteiger partial charge on any atom is -0.294 e. The zero-order valence-corrected chi connectivity index (χ0v) is 8.23. The van der Waals surface area contributed by atoms with E-state index in [4.69, 9.17) is 0 Å². The number of Topliss-reactive ketones (excluding diaryl/α,β-unsaturated/α-hetero) is 1. The molecule has 0 fully saturated rings. The third-order valence-electron chi connectivity index (χ3n) is 1.64. The van der Waals surface area contributed by atoms with Gasteiger partial charge in [0.1, 0.15) is 5.82 Å². The summed E-state index contributed by atoms with van der Waals surface area (Å²) in [6.07, 6.45) is 1.36. The van der Waals surface area contributed by atoms with Crippen molar-refractivity contribution in [1.82, 2.24) is 0 Å². The van der Waals surface area contributed by atoms with E-state index in [-0.39, 0.29) is 24.0 Å². The molecule has 13 heavy (non-hydrogen) atoms. The molecule has 0 atom stereocenters. The second-order valence-electron chi connectivity index (χ2n) is 2.68. The molecule has 0 radical (unpaired) electrons. The summed E-state index contributed by atoms with van der Waals surface area (Å²) in [7, 11) is 0. The molecule has 0 spiro atoms. The van der Waals surface area contributed by atoms with Gasteiger partial charge in [0, 0.05) is 12.0 Å². The van der Waals surface area contributed by atoms with Crippen molar-refractivity contribution in [3.63, 3.8) is 0 Å². The Labute approximate surface area is 83.4 Å². The van der Waals surface area contributed by atoms with Gasteiger partial charge in [0.15, 0.2) is 5.78 Å². The minimum absolute atomic E-state index is 0. The molecular weight excluding hydrogens is 191 g/mol. The summed E-state index contributed by atoms with van der Waals surface area (Å²) < 4.78 is 12.4. The molecule has 0 aliphatic heterocycles. The lowest BCUT2D eigenvalue weighted by Gasteiger charge is -1.97. The summed E-state index contributed by atoms with van der Waals surface area (Å²) in [6.45, 7) is 1.95. The molecule has 0 aliphatic rings. The first-order valence-electron chi connectivity index (χ1n) is 4.03. The molecule has 1 rings (SSSR count). The van der Waals surface area contributed by atoms with Gasteiger partial charge >= 0.3 is 0 Å². The van der Waals surface area contributed by atoms with Crippen molar-refractivity contribution < 1.29 is 9.18 Å².